The van der Waals surface area contributed by atoms with Crippen molar-refractivity contribution in [3.8, 4) is 0 Å². The van der Waals surface area contributed by atoms with Crippen molar-refractivity contribution in [2.45, 2.75) is 20.4 Å². The van der Waals surface area contributed by atoms with Gasteiger partial charge in [-0.15, -0.1) is 0 Å². The predicted molar refractivity (Wildman–Crippen MR) is 70.9 cm³/mol. The summed E-state index contributed by atoms with van der Waals surface area (Å²) < 4.78 is 1.65. The predicted octanol–water partition coefficient (Wildman–Crippen LogP) is 1.35. The molecule has 2 aromatic heterocycles. The fraction of sp³-hybridized carbons (Fsp3) is 0.308. The summed E-state index contributed by atoms with van der Waals surface area (Å²) in [6, 6.07) is 5.37. The van der Waals surface area contributed by atoms with Crippen LogP contribution in [-0.4, -0.2) is 21.6 Å². The molecule has 0 radical (unpaired) electrons. The van der Waals surface area contributed by atoms with Crippen molar-refractivity contribution in [2.24, 2.45) is 0 Å². The molecular formula is C13H16N4O. The minimum atomic E-state index is -0.0252. The minimum absolute atomic E-state index is 0.0252. The molecule has 0 amide bonds. The van der Waals surface area contributed by atoms with Crippen LogP contribution < -0.4 is 10.9 Å². The molecule has 2 heterocycles. The van der Waals surface area contributed by atoms with Gasteiger partial charge in [0.1, 0.15) is 11.6 Å². The summed E-state index contributed by atoms with van der Waals surface area (Å²) in [5.41, 5.74) is 1.74. The lowest BCUT2D eigenvalue weighted by molar-refractivity contribution is 0.694. The van der Waals surface area contributed by atoms with E-state index in [0.717, 1.165) is 22.9 Å². The molecular weight excluding hydrogens is 228 g/mol. The summed E-state index contributed by atoms with van der Waals surface area (Å²) in [4.78, 5) is 20.4. The first-order valence-corrected chi connectivity index (χ1v) is 5.78. The fourth-order valence-corrected chi connectivity index (χ4v) is 1.85. The second-order valence-corrected chi connectivity index (χ2v) is 4.17. The van der Waals surface area contributed by atoms with E-state index in [9.17, 15) is 4.79 Å². The lowest BCUT2D eigenvalue weighted by atomic mass is 10.2. The van der Waals surface area contributed by atoms with Crippen molar-refractivity contribution in [3.05, 3.63) is 51.8 Å². The number of aromatic nitrogens is 3. The largest absolute Gasteiger partial charge is 0.373 e. The zero-order valence-corrected chi connectivity index (χ0v) is 10.8. The molecule has 0 unspecified atom stereocenters. The van der Waals surface area contributed by atoms with Gasteiger partial charge in [-0.1, -0.05) is 0 Å². The molecule has 0 aromatic carbocycles. The van der Waals surface area contributed by atoms with E-state index in [1.807, 2.05) is 33.0 Å². The lowest BCUT2D eigenvalue weighted by Crippen LogP contribution is -2.24. The van der Waals surface area contributed by atoms with Crippen LogP contribution in [-0.2, 0) is 6.54 Å². The highest BCUT2D eigenvalue weighted by Crippen LogP contribution is 2.07. The third-order valence-electron chi connectivity index (χ3n) is 2.75. The van der Waals surface area contributed by atoms with Gasteiger partial charge in [0.15, 0.2) is 0 Å². The maximum absolute atomic E-state index is 11.9. The Morgan fingerprint density at radius 1 is 1.33 bits per heavy atom. The second kappa shape index (κ2) is 5.00. The van der Waals surface area contributed by atoms with E-state index >= 15 is 0 Å². The van der Waals surface area contributed by atoms with E-state index in [2.05, 4.69) is 15.3 Å². The van der Waals surface area contributed by atoms with Gasteiger partial charge in [0, 0.05) is 25.0 Å². The molecule has 2 rings (SSSR count). The highest BCUT2D eigenvalue weighted by Gasteiger charge is 2.04. The smallest absolute Gasteiger partial charge is 0.254 e. The lowest BCUT2D eigenvalue weighted by Gasteiger charge is -2.10. The van der Waals surface area contributed by atoms with Gasteiger partial charge in [0.05, 0.1) is 6.54 Å². The van der Waals surface area contributed by atoms with Gasteiger partial charge in [-0.25, -0.2) is 9.97 Å². The Labute approximate surface area is 106 Å². The Morgan fingerprint density at radius 3 is 2.78 bits per heavy atom. The Hall–Kier alpha value is -2.17. The summed E-state index contributed by atoms with van der Waals surface area (Å²) in [6.07, 6.45) is 1.73. The normalized spacial score (nSPS) is 10.4. The molecule has 0 bridgehead atoms. The minimum Gasteiger partial charge on any atom is -0.373 e. The van der Waals surface area contributed by atoms with Crippen molar-refractivity contribution < 1.29 is 0 Å². The highest BCUT2D eigenvalue weighted by molar-refractivity contribution is 5.36. The molecule has 0 fully saturated rings. The van der Waals surface area contributed by atoms with Crippen molar-refractivity contribution >= 4 is 5.82 Å². The van der Waals surface area contributed by atoms with E-state index in [1.165, 1.54) is 0 Å². The number of pyridine rings is 1. The average molecular weight is 244 g/mol. The standard InChI is InChI=1S/C13H16N4O/c1-9-6-13(18)17(10(2)16-9)8-11-4-5-15-12(7-11)14-3/h4-7H,8H2,1-3H3,(H,14,15). The van der Waals surface area contributed by atoms with Gasteiger partial charge in [-0.05, 0) is 31.5 Å². The Bertz CT molecular complexity index is 619. The van der Waals surface area contributed by atoms with E-state index in [0.29, 0.717) is 6.54 Å². The van der Waals surface area contributed by atoms with Gasteiger partial charge < -0.3 is 5.32 Å². The van der Waals surface area contributed by atoms with Crippen LogP contribution in [0.3, 0.4) is 0 Å². The Balaban J connectivity index is 2.37. The molecule has 1 N–H and O–H groups in total. The summed E-state index contributed by atoms with van der Waals surface area (Å²) >= 11 is 0. The zero-order chi connectivity index (χ0) is 13.1. The molecule has 5 heteroatoms. The van der Waals surface area contributed by atoms with Crippen LogP contribution in [0.25, 0.3) is 0 Å². The zero-order valence-electron chi connectivity index (χ0n) is 10.8. The average Bonchev–Trinajstić information content (AvgIpc) is 2.34. The molecule has 0 aliphatic rings. The maximum atomic E-state index is 11.9. The number of nitrogens with one attached hydrogen (secondary N) is 1. The Kier molecular flexibility index (Phi) is 3.41. The molecule has 0 atom stereocenters. The van der Waals surface area contributed by atoms with E-state index in [1.54, 1.807) is 16.8 Å². The van der Waals surface area contributed by atoms with Gasteiger partial charge in [-0.2, -0.15) is 0 Å². The summed E-state index contributed by atoms with van der Waals surface area (Å²) in [7, 11) is 1.82. The highest BCUT2D eigenvalue weighted by atomic mass is 16.1. The van der Waals surface area contributed by atoms with Crippen LogP contribution in [0.1, 0.15) is 17.1 Å². The molecule has 18 heavy (non-hydrogen) atoms. The molecule has 0 saturated carbocycles. The molecule has 0 aliphatic carbocycles. The van der Waals surface area contributed by atoms with Gasteiger partial charge in [0.2, 0.25) is 0 Å². The third-order valence-corrected chi connectivity index (χ3v) is 2.75. The van der Waals surface area contributed by atoms with Crippen LogP contribution in [0.2, 0.25) is 0 Å². The molecule has 0 saturated heterocycles. The van der Waals surface area contributed by atoms with Crippen molar-refractivity contribution in [3.63, 3.8) is 0 Å². The summed E-state index contributed by atoms with van der Waals surface area (Å²) in [5, 5.41) is 2.98. The number of hydrogen-bond donors (Lipinski definition) is 1. The topological polar surface area (TPSA) is 59.8 Å². The molecule has 5 nitrogen and oxygen atoms in total. The van der Waals surface area contributed by atoms with E-state index in [4.69, 9.17) is 0 Å². The molecule has 0 spiro atoms. The van der Waals surface area contributed by atoms with Gasteiger partial charge >= 0.3 is 0 Å². The van der Waals surface area contributed by atoms with Gasteiger partial charge in [-0.3, -0.25) is 9.36 Å². The van der Waals surface area contributed by atoms with Crippen LogP contribution in [0.4, 0.5) is 5.82 Å². The SMILES string of the molecule is CNc1cc(Cn2c(C)nc(C)cc2=O)ccn1. The number of anilines is 1. The second-order valence-electron chi connectivity index (χ2n) is 4.17. The molecule has 2 aromatic rings. The molecule has 0 aliphatic heterocycles. The Morgan fingerprint density at radius 2 is 2.11 bits per heavy atom. The number of rotatable bonds is 3. The summed E-state index contributed by atoms with van der Waals surface area (Å²) in [6.45, 7) is 4.17. The van der Waals surface area contributed by atoms with E-state index in [-0.39, 0.29) is 5.56 Å². The first kappa shape index (κ1) is 12.3. The van der Waals surface area contributed by atoms with Crippen molar-refractivity contribution in [1.82, 2.24) is 14.5 Å². The van der Waals surface area contributed by atoms with Crippen LogP contribution in [0.15, 0.2) is 29.2 Å². The number of aryl methyl sites for hydroxylation is 2. The monoisotopic (exact) mass is 244 g/mol. The first-order valence-electron chi connectivity index (χ1n) is 5.78. The van der Waals surface area contributed by atoms with Crippen LogP contribution in [0, 0.1) is 13.8 Å². The first-order chi connectivity index (χ1) is 8.60. The number of nitrogens with zero attached hydrogens (tertiary/aromatic N) is 3. The van der Waals surface area contributed by atoms with Gasteiger partial charge in [0.25, 0.3) is 5.56 Å². The van der Waals surface area contributed by atoms with E-state index < -0.39 is 0 Å². The summed E-state index contributed by atoms with van der Waals surface area (Å²) in [5.74, 6) is 1.51. The maximum Gasteiger partial charge on any atom is 0.254 e. The van der Waals surface area contributed by atoms with Crippen molar-refractivity contribution in [1.29, 1.82) is 0 Å². The van der Waals surface area contributed by atoms with Crippen molar-refractivity contribution in [2.75, 3.05) is 12.4 Å². The third kappa shape index (κ3) is 2.56. The van der Waals surface area contributed by atoms with Crippen LogP contribution in [0.5, 0.6) is 0 Å². The number of hydrogen-bond acceptors (Lipinski definition) is 4. The fourth-order valence-electron chi connectivity index (χ4n) is 1.85. The van der Waals surface area contributed by atoms with Crippen LogP contribution >= 0.6 is 0 Å². The molecule has 94 valence electrons. The quantitative estimate of drug-likeness (QED) is 0.885.